The van der Waals surface area contributed by atoms with Crippen molar-refractivity contribution >= 4 is 11.6 Å². The van der Waals surface area contributed by atoms with Crippen molar-refractivity contribution in [3.63, 3.8) is 0 Å². The number of carbonyl (C=O) groups is 1. The first-order valence-electron chi connectivity index (χ1n) is 8.89. The summed E-state index contributed by atoms with van der Waals surface area (Å²) in [5, 5.41) is 7.40. The SMILES string of the molecule is CC(=O)Nc1ccc(CN2CCc3c(cnn3-c3ccccc3)C2)cc1. The standard InChI is InChI=1S/C21H22N4O/c1-16(26)23-19-9-7-17(8-10-19)14-24-12-11-21-18(15-24)13-22-25(21)20-5-3-2-4-6-20/h2-10,13H,11-12,14-15H2,1H3,(H,23,26). The van der Waals surface area contributed by atoms with E-state index < -0.39 is 0 Å². The van der Waals surface area contributed by atoms with E-state index in [4.69, 9.17) is 0 Å². The number of nitrogens with one attached hydrogen (secondary N) is 1. The molecule has 2 aromatic carbocycles. The minimum atomic E-state index is -0.0447. The van der Waals surface area contributed by atoms with Gasteiger partial charge in [-0.25, -0.2) is 4.68 Å². The molecule has 132 valence electrons. The monoisotopic (exact) mass is 346 g/mol. The second-order valence-electron chi connectivity index (χ2n) is 6.70. The molecule has 0 unspecified atom stereocenters. The van der Waals surface area contributed by atoms with Crippen molar-refractivity contribution in [3.8, 4) is 5.69 Å². The molecule has 0 aliphatic carbocycles. The van der Waals surface area contributed by atoms with Crippen LogP contribution in [0.2, 0.25) is 0 Å². The number of fused-ring (bicyclic) bond motifs is 1. The maximum absolute atomic E-state index is 11.1. The number of hydrogen-bond acceptors (Lipinski definition) is 3. The van der Waals surface area contributed by atoms with Gasteiger partial charge in [-0.15, -0.1) is 0 Å². The molecule has 1 aliphatic heterocycles. The van der Waals surface area contributed by atoms with Crippen molar-refractivity contribution in [1.29, 1.82) is 0 Å². The zero-order valence-corrected chi connectivity index (χ0v) is 14.9. The Morgan fingerprint density at radius 3 is 2.62 bits per heavy atom. The lowest BCUT2D eigenvalue weighted by Gasteiger charge is -2.27. The zero-order valence-electron chi connectivity index (χ0n) is 14.9. The van der Waals surface area contributed by atoms with Gasteiger partial charge in [-0.2, -0.15) is 5.10 Å². The van der Waals surface area contributed by atoms with Crippen LogP contribution in [0, 0.1) is 0 Å². The average Bonchev–Trinajstić information content (AvgIpc) is 3.07. The van der Waals surface area contributed by atoms with Gasteiger partial charge in [0.25, 0.3) is 0 Å². The van der Waals surface area contributed by atoms with Gasteiger partial charge in [-0.3, -0.25) is 9.69 Å². The van der Waals surface area contributed by atoms with Crippen LogP contribution in [0.5, 0.6) is 0 Å². The summed E-state index contributed by atoms with van der Waals surface area (Å²) in [6.45, 7) is 4.35. The van der Waals surface area contributed by atoms with Gasteiger partial charge in [0.15, 0.2) is 0 Å². The molecule has 0 bridgehead atoms. The molecule has 0 saturated carbocycles. The Morgan fingerprint density at radius 1 is 1.12 bits per heavy atom. The van der Waals surface area contributed by atoms with Gasteiger partial charge in [0.05, 0.1) is 11.9 Å². The molecule has 4 rings (SSSR count). The van der Waals surface area contributed by atoms with E-state index >= 15 is 0 Å². The topological polar surface area (TPSA) is 50.2 Å². The minimum absolute atomic E-state index is 0.0447. The van der Waals surface area contributed by atoms with Crippen molar-refractivity contribution in [2.24, 2.45) is 0 Å². The molecule has 0 fully saturated rings. The van der Waals surface area contributed by atoms with Crippen LogP contribution in [0.1, 0.15) is 23.7 Å². The first-order valence-corrected chi connectivity index (χ1v) is 8.89. The van der Waals surface area contributed by atoms with E-state index in [-0.39, 0.29) is 5.91 Å². The Hall–Kier alpha value is -2.92. The normalized spacial score (nSPS) is 14.0. The Labute approximate surface area is 153 Å². The van der Waals surface area contributed by atoms with Gasteiger partial charge in [0.1, 0.15) is 0 Å². The fourth-order valence-electron chi connectivity index (χ4n) is 3.47. The van der Waals surface area contributed by atoms with Crippen LogP contribution >= 0.6 is 0 Å². The molecule has 1 amide bonds. The first kappa shape index (κ1) is 16.5. The maximum Gasteiger partial charge on any atom is 0.221 e. The number of aromatic nitrogens is 2. The van der Waals surface area contributed by atoms with Crippen LogP contribution in [0.4, 0.5) is 5.69 Å². The van der Waals surface area contributed by atoms with Crippen molar-refractivity contribution < 1.29 is 4.79 Å². The highest BCUT2D eigenvalue weighted by atomic mass is 16.1. The molecular formula is C21H22N4O. The number of rotatable bonds is 4. The van der Waals surface area contributed by atoms with E-state index in [0.717, 1.165) is 37.4 Å². The summed E-state index contributed by atoms with van der Waals surface area (Å²) in [6, 6.07) is 18.4. The van der Waals surface area contributed by atoms with E-state index in [2.05, 4.69) is 44.3 Å². The molecule has 5 nitrogen and oxygen atoms in total. The van der Waals surface area contributed by atoms with Gasteiger partial charge >= 0.3 is 0 Å². The quantitative estimate of drug-likeness (QED) is 0.788. The number of para-hydroxylation sites is 1. The molecule has 0 saturated heterocycles. The molecule has 0 atom stereocenters. The van der Waals surface area contributed by atoms with Gasteiger partial charge in [-0.05, 0) is 29.8 Å². The van der Waals surface area contributed by atoms with Gasteiger partial charge < -0.3 is 5.32 Å². The number of anilines is 1. The molecule has 5 heteroatoms. The van der Waals surface area contributed by atoms with Gasteiger partial charge in [-0.1, -0.05) is 30.3 Å². The van der Waals surface area contributed by atoms with Crippen LogP contribution in [0.25, 0.3) is 5.69 Å². The van der Waals surface area contributed by atoms with Crippen LogP contribution < -0.4 is 5.32 Å². The first-order chi connectivity index (χ1) is 12.7. The molecule has 26 heavy (non-hydrogen) atoms. The van der Waals surface area contributed by atoms with Crippen LogP contribution in [-0.4, -0.2) is 27.1 Å². The Bertz CT molecular complexity index is 900. The number of carbonyl (C=O) groups excluding carboxylic acids is 1. The van der Waals surface area contributed by atoms with Crippen LogP contribution in [-0.2, 0) is 24.3 Å². The summed E-state index contributed by atoms with van der Waals surface area (Å²) in [5.41, 5.74) is 5.82. The van der Waals surface area contributed by atoms with Crippen molar-refractivity contribution in [2.45, 2.75) is 26.4 Å². The fraction of sp³-hybridized carbons (Fsp3) is 0.238. The number of benzene rings is 2. The highest BCUT2D eigenvalue weighted by molar-refractivity contribution is 5.88. The average molecular weight is 346 g/mol. The third-order valence-corrected chi connectivity index (χ3v) is 4.70. The van der Waals surface area contributed by atoms with Crippen molar-refractivity contribution in [3.05, 3.63) is 77.6 Å². The lowest BCUT2D eigenvalue weighted by molar-refractivity contribution is -0.114. The van der Waals surface area contributed by atoms with Gasteiger partial charge in [0, 0.05) is 49.9 Å². The van der Waals surface area contributed by atoms with Crippen LogP contribution in [0.3, 0.4) is 0 Å². The van der Waals surface area contributed by atoms with Crippen molar-refractivity contribution in [2.75, 3.05) is 11.9 Å². The Morgan fingerprint density at radius 2 is 1.88 bits per heavy atom. The van der Waals surface area contributed by atoms with Crippen molar-refractivity contribution in [1.82, 2.24) is 14.7 Å². The molecule has 1 aromatic heterocycles. The van der Waals surface area contributed by atoms with E-state index in [1.165, 1.54) is 23.7 Å². The number of nitrogens with zero attached hydrogens (tertiary/aromatic N) is 3. The van der Waals surface area contributed by atoms with E-state index in [9.17, 15) is 4.79 Å². The van der Waals surface area contributed by atoms with E-state index in [0.29, 0.717) is 0 Å². The smallest absolute Gasteiger partial charge is 0.221 e. The highest BCUT2D eigenvalue weighted by Gasteiger charge is 2.21. The largest absolute Gasteiger partial charge is 0.326 e. The predicted octanol–water partition coefficient (Wildman–Crippen LogP) is 3.39. The summed E-state index contributed by atoms with van der Waals surface area (Å²) in [7, 11) is 0. The molecule has 0 radical (unpaired) electrons. The lowest BCUT2D eigenvalue weighted by atomic mass is 10.1. The third kappa shape index (κ3) is 3.53. The Balaban J connectivity index is 1.44. The van der Waals surface area contributed by atoms with E-state index in [1.807, 2.05) is 36.5 Å². The van der Waals surface area contributed by atoms with E-state index in [1.54, 1.807) is 0 Å². The lowest BCUT2D eigenvalue weighted by Crippen LogP contribution is -2.30. The predicted molar refractivity (Wildman–Crippen MR) is 102 cm³/mol. The number of amides is 1. The molecule has 2 heterocycles. The highest BCUT2D eigenvalue weighted by Crippen LogP contribution is 2.23. The van der Waals surface area contributed by atoms with Gasteiger partial charge in [0.2, 0.25) is 5.91 Å². The maximum atomic E-state index is 11.1. The Kier molecular flexibility index (Phi) is 4.54. The third-order valence-electron chi connectivity index (χ3n) is 4.70. The minimum Gasteiger partial charge on any atom is -0.326 e. The molecule has 1 aliphatic rings. The fourth-order valence-corrected chi connectivity index (χ4v) is 3.47. The number of hydrogen-bond donors (Lipinski definition) is 1. The molecular weight excluding hydrogens is 324 g/mol. The van der Waals surface area contributed by atoms with Crippen LogP contribution in [0.15, 0.2) is 60.8 Å². The molecule has 0 spiro atoms. The molecule has 3 aromatic rings. The summed E-state index contributed by atoms with van der Waals surface area (Å²) in [5.74, 6) is -0.0447. The zero-order chi connectivity index (χ0) is 17.9. The second kappa shape index (κ2) is 7.14. The molecule has 1 N–H and O–H groups in total. The second-order valence-corrected chi connectivity index (χ2v) is 6.70. The summed E-state index contributed by atoms with van der Waals surface area (Å²) in [6.07, 6.45) is 2.99. The summed E-state index contributed by atoms with van der Waals surface area (Å²) < 4.78 is 2.06. The summed E-state index contributed by atoms with van der Waals surface area (Å²) >= 11 is 0. The summed E-state index contributed by atoms with van der Waals surface area (Å²) in [4.78, 5) is 13.5.